The normalized spacial score (nSPS) is 11.8. The summed E-state index contributed by atoms with van der Waals surface area (Å²) in [5, 5.41) is 8.34. The van der Waals surface area contributed by atoms with Gasteiger partial charge in [0.1, 0.15) is 10.6 Å². The van der Waals surface area contributed by atoms with Gasteiger partial charge in [-0.25, -0.2) is 31.4 Å². The molecule has 0 aliphatic rings. The summed E-state index contributed by atoms with van der Waals surface area (Å²) in [6, 6.07) is 0.896. The largest absolute Gasteiger partial charge is 0.241 e. The number of hydrogen-bond acceptors (Lipinski definition) is 3. The molecule has 0 aliphatic carbocycles. The molecule has 0 saturated carbocycles. The molecule has 0 atom stereocenters. The highest BCUT2D eigenvalue weighted by Crippen LogP contribution is 2.18. The fourth-order valence-electron chi connectivity index (χ4n) is 1.27. The molecule has 0 unspecified atom stereocenters. The number of sulfonamides is 1. The molecule has 96 valence electrons. The highest BCUT2D eigenvalue weighted by molar-refractivity contribution is 7.89. The summed E-state index contributed by atoms with van der Waals surface area (Å²) in [4.78, 5) is -0.369. The number of halogens is 3. The molecule has 9 heteroatoms. The molecule has 2 N–H and O–H groups in total. The van der Waals surface area contributed by atoms with Gasteiger partial charge < -0.3 is 0 Å². The molecule has 2 rings (SSSR count). The van der Waals surface area contributed by atoms with Gasteiger partial charge in [0.15, 0.2) is 17.5 Å². The molecule has 5 nitrogen and oxygen atoms in total. The second-order valence-corrected chi connectivity index (χ2v) is 4.94. The van der Waals surface area contributed by atoms with E-state index >= 15 is 0 Å². The van der Waals surface area contributed by atoms with Crippen molar-refractivity contribution in [3.63, 3.8) is 0 Å². The summed E-state index contributed by atoms with van der Waals surface area (Å²) in [5.41, 5.74) is -0.427. The topological polar surface area (TPSA) is 78.0 Å². The maximum absolute atomic E-state index is 13.4. The van der Waals surface area contributed by atoms with Crippen LogP contribution in [0.3, 0.4) is 0 Å². The van der Waals surface area contributed by atoms with Crippen molar-refractivity contribution in [1.29, 1.82) is 0 Å². The lowest BCUT2D eigenvalue weighted by Gasteiger charge is -2.03. The predicted octanol–water partition coefficient (Wildman–Crippen LogP) is 0.937. The number of rotatable bonds is 2. The molecule has 0 aliphatic heterocycles. The van der Waals surface area contributed by atoms with Gasteiger partial charge in [-0.15, -0.1) is 0 Å². The molecule has 0 saturated heterocycles. The first kappa shape index (κ1) is 12.6. The fourth-order valence-corrected chi connectivity index (χ4v) is 1.71. The van der Waals surface area contributed by atoms with Crippen molar-refractivity contribution in [2.45, 2.75) is 4.90 Å². The molecule has 0 amide bonds. The van der Waals surface area contributed by atoms with Crippen LogP contribution in [0.15, 0.2) is 29.4 Å². The third-order valence-electron chi connectivity index (χ3n) is 2.12. The molecule has 0 radical (unpaired) electrons. The Morgan fingerprint density at radius 3 is 2.28 bits per heavy atom. The number of nitrogens with two attached hydrogens (primary N) is 1. The second-order valence-electron chi connectivity index (χ2n) is 3.38. The van der Waals surface area contributed by atoms with Crippen molar-refractivity contribution in [1.82, 2.24) is 9.78 Å². The molecule has 0 fully saturated rings. The highest BCUT2D eigenvalue weighted by atomic mass is 32.2. The average Bonchev–Trinajstić information content (AvgIpc) is 2.72. The van der Waals surface area contributed by atoms with E-state index in [1.807, 2.05) is 0 Å². The Hall–Kier alpha value is -1.87. The van der Waals surface area contributed by atoms with Crippen LogP contribution >= 0.6 is 0 Å². The molecule has 2 aromatic rings. The quantitative estimate of drug-likeness (QED) is 0.830. The monoisotopic (exact) mass is 277 g/mol. The molecule has 1 heterocycles. The van der Waals surface area contributed by atoms with Crippen LogP contribution in [0.4, 0.5) is 13.2 Å². The molecule has 0 bridgehead atoms. The van der Waals surface area contributed by atoms with E-state index in [-0.39, 0.29) is 4.90 Å². The number of aromatic nitrogens is 2. The summed E-state index contributed by atoms with van der Waals surface area (Å²) in [6.07, 6.45) is 1.77. The van der Waals surface area contributed by atoms with Gasteiger partial charge in [-0.2, -0.15) is 5.10 Å². The summed E-state index contributed by atoms with van der Waals surface area (Å²) >= 11 is 0. The Morgan fingerprint density at radius 1 is 1.11 bits per heavy atom. The van der Waals surface area contributed by atoms with Crippen molar-refractivity contribution in [2.75, 3.05) is 0 Å². The minimum Gasteiger partial charge on any atom is -0.236 e. The van der Waals surface area contributed by atoms with E-state index < -0.39 is 33.2 Å². The van der Waals surface area contributed by atoms with Gasteiger partial charge in [-0.1, -0.05) is 0 Å². The summed E-state index contributed by atoms with van der Waals surface area (Å²) in [6.45, 7) is 0. The standard InChI is InChI=1S/C9H6F3N3O2S/c10-6-1-8(12)9(2-7(6)11)15-4-5(3-14-15)18(13,16)17/h1-4H,(H2,13,16,17). The molecule has 1 aromatic carbocycles. The van der Waals surface area contributed by atoms with Crippen molar-refractivity contribution in [3.05, 3.63) is 42.0 Å². The summed E-state index contributed by atoms with van der Waals surface area (Å²) in [7, 11) is -3.99. The third kappa shape index (κ3) is 2.22. The average molecular weight is 277 g/mol. The molecule has 0 spiro atoms. The summed E-state index contributed by atoms with van der Waals surface area (Å²) in [5.74, 6) is -3.72. The lowest BCUT2D eigenvalue weighted by atomic mass is 10.3. The van der Waals surface area contributed by atoms with Crippen molar-refractivity contribution >= 4 is 10.0 Å². The van der Waals surface area contributed by atoms with E-state index in [1.54, 1.807) is 0 Å². The fraction of sp³-hybridized carbons (Fsp3) is 0. The smallest absolute Gasteiger partial charge is 0.236 e. The van der Waals surface area contributed by atoms with Crippen LogP contribution in [0.1, 0.15) is 0 Å². The van der Waals surface area contributed by atoms with E-state index in [9.17, 15) is 21.6 Å². The first-order chi connectivity index (χ1) is 8.29. The van der Waals surface area contributed by atoms with Crippen molar-refractivity contribution in [2.24, 2.45) is 5.14 Å². The Bertz CT molecular complexity index is 712. The maximum atomic E-state index is 13.4. The minimum atomic E-state index is -3.99. The van der Waals surface area contributed by atoms with Gasteiger partial charge in [0.05, 0.1) is 12.4 Å². The van der Waals surface area contributed by atoms with Crippen LogP contribution in [0, 0.1) is 17.5 Å². The van der Waals surface area contributed by atoms with E-state index in [4.69, 9.17) is 5.14 Å². The van der Waals surface area contributed by atoms with Gasteiger partial charge in [-0.05, 0) is 0 Å². The van der Waals surface area contributed by atoms with E-state index in [1.165, 1.54) is 0 Å². The van der Waals surface area contributed by atoms with Crippen LogP contribution in [-0.2, 0) is 10.0 Å². The van der Waals surface area contributed by atoms with E-state index in [2.05, 4.69) is 5.10 Å². The van der Waals surface area contributed by atoms with Crippen LogP contribution in [0.2, 0.25) is 0 Å². The first-order valence-corrected chi connectivity index (χ1v) is 6.06. The molecule has 1 aromatic heterocycles. The van der Waals surface area contributed by atoms with Gasteiger partial charge in [0, 0.05) is 12.1 Å². The zero-order chi connectivity index (χ0) is 13.5. The van der Waals surface area contributed by atoms with Crippen LogP contribution in [0.25, 0.3) is 5.69 Å². The van der Waals surface area contributed by atoms with Crippen LogP contribution in [-0.4, -0.2) is 18.2 Å². The number of primary sulfonamides is 1. The highest BCUT2D eigenvalue weighted by Gasteiger charge is 2.15. The Balaban J connectivity index is 2.56. The molecular formula is C9H6F3N3O2S. The van der Waals surface area contributed by atoms with Crippen LogP contribution in [0.5, 0.6) is 0 Å². The van der Waals surface area contributed by atoms with Crippen molar-refractivity contribution in [3.8, 4) is 5.69 Å². The predicted molar refractivity (Wildman–Crippen MR) is 54.8 cm³/mol. The minimum absolute atomic E-state index is 0.336. The first-order valence-electron chi connectivity index (χ1n) is 4.51. The van der Waals surface area contributed by atoms with Gasteiger partial charge >= 0.3 is 0 Å². The van der Waals surface area contributed by atoms with Crippen molar-refractivity contribution < 1.29 is 21.6 Å². The summed E-state index contributed by atoms with van der Waals surface area (Å²) < 4.78 is 61.8. The van der Waals surface area contributed by atoms with Gasteiger partial charge in [0.2, 0.25) is 10.0 Å². The zero-order valence-corrected chi connectivity index (χ0v) is 9.46. The maximum Gasteiger partial charge on any atom is 0.241 e. The number of hydrogen-bond donors (Lipinski definition) is 1. The Kier molecular flexibility index (Phi) is 2.87. The number of benzene rings is 1. The van der Waals surface area contributed by atoms with E-state index in [0.29, 0.717) is 12.1 Å². The Labute approximate surface area is 99.7 Å². The SMILES string of the molecule is NS(=O)(=O)c1cnn(-c2cc(F)c(F)cc2F)c1. The zero-order valence-electron chi connectivity index (χ0n) is 8.64. The Morgan fingerprint density at radius 2 is 1.72 bits per heavy atom. The van der Waals surface area contributed by atoms with Crippen LogP contribution < -0.4 is 5.14 Å². The lowest BCUT2D eigenvalue weighted by molar-refractivity contribution is 0.491. The lowest BCUT2D eigenvalue weighted by Crippen LogP contribution is -2.11. The molecular weight excluding hydrogens is 271 g/mol. The van der Waals surface area contributed by atoms with Gasteiger partial charge in [-0.3, -0.25) is 0 Å². The molecule has 18 heavy (non-hydrogen) atoms. The second kappa shape index (κ2) is 4.10. The third-order valence-corrected chi connectivity index (χ3v) is 2.99. The number of nitrogens with zero attached hydrogens (tertiary/aromatic N) is 2. The van der Waals surface area contributed by atoms with Gasteiger partial charge in [0.25, 0.3) is 0 Å². The van der Waals surface area contributed by atoms with E-state index in [0.717, 1.165) is 17.1 Å².